The van der Waals surface area contributed by atoms with E-state index in [1.54, 1.807) is 21.5 Å². The summed E-state index contributed by atoms with van der Waals surface area (Å²) in [5, 5.41) is 3.34. The summed E-state index contributed by atoms with van der Waals surface area (Å²) in [6, 6.07) is 7.17. The molecule has 0 aliphatic heterocycles. The third kappa shape index (κ3) is 3.03. The van der Waals surface area contributed by atoms with E-state index in [2.05, 4.69) is 105 Å². The molecule has 1 heteroatoms. The number of rotatable bonds is 3. The molecule has 0 fully saturated rings. The number of allylic oxidation sites excluding steroid dienone is 8. The predicted octanol–water partition coefficient (Wildman–Crippen LogP) is 6.28. The SMILES string of the molecule is CC1=C(C)C(C)(C2(C(C)(C)C)C=CC=CC2)C([SiH2]c2cc(C)cc(C)c2)=C1C. The fourth-order valence-corrected chi connectivity index (χ4v) is 8.79. The Kier molecular flexibility index (Phi) is 5.30. The monoisotopic (exact) mass is 390 g/mol. The lowest BCUT2D eigenvalue weighted by molar-refractivity contribution is 0.0486. The van der Waals surface area contributed by atoms with E-state index in [9.17, 15) is 0 Å². The lowest BCUT2D eigenvalue weighted by Gasteiger charge is -2.56. The Morgan fingerprint density at radius 3 is 1.96 bits per heavy atom. The fraction of sp³-hybridized carbons (Fsp3) is 0.481. The molecule has 0 bridgehead atoms. The van der Waals surface area contributed by atoms with Crippen molar-refractivity contribution in [2.75, 3.05) is 0 Å². The van der Waals surface area contributed by atoms with Gasteiger partial charge >= 0.3 is 0 Å². The Morgan fingerprint density at radius 1 is 0.857 bits per heavy atom. The van der Waals surface area contributed by atoms with Crippen LogP contribution in [0.4, 0.5) is 0 Å². The molecule has 2 aliphatic carbocycles. The molecule has 0 nitrogen and oxygen atoms in total. The summed E-state index contributed by atoms with van der Waals surface area (Å²) in [6.07, 6.45) is 10.6. The van der Waals surface area contributed by atoms with Gasteiger partial charge in [-0.15, -0.1) is 0 Å². The van der Waals surface area contributed by atoms with E-state index in [1.807, 2.05) is 0 Å². The van der Waals surface area contributed by atoms with Crippen LogP contribution in [0.2, 0.25) is 0 Å². The molecular formula is C27H38Si. The van der Waals surface area contributed by atoms with Gasteiger partial charge in [0.1, 0.15) is 0 Å². The molecule has 0 amide bonds. The second-order valence-electron chi connectivity index (χ2n) is 10.4. The minimum Gasteiger partial charge on any atom is -0.0836 e. The summed E-state index contributed by atoms with van der Waals surface area (Å²) < 4.78 is 0. The van der Waals surface area contributed by atoms with E-state index < -0.39 is 9.52 Å². The maximum Gasteiger partial charge on any atom is 0.0839 e. The average molecular weight is 391 g/mol. The van der Waals surface area contributed by atoms with Crippen molar-refractivity contribution in [3.63, 3.8) is 0 Å². The number of hydrogen-bond donors (Lipinski definition) is 0. The normalized spacial score (nSPS) is 28.3. The zero-order valence-electron chi connectivity index (χ0n) is 19.5. The van der Waals surface area contributed by atoms with Gasteiger partial charge in [0, 0.05) is 10.8 Å². The molecule has 1 aromatic carbocycles. The summed E-state index contributed by atoms with van der Waals surface area (Å²) in [5.74, 6) is 0. The summed E-state index contributed by atoms with van der Waals surface area (Å²) in [4.78, 5) is 0. The maximum absolute atomic E-state index is 2.56. The molecule has 150 valence electrons. The summed E-state index contributed by atoms with van der Waals surface area (Å²) in [5.41, 5.74) is 7.85. The first-order valence-corrected chi connectivity index (χ1v) is 12.2. The molecule has 0 heterocycles. The van der Waals surface area contributed by atoms with Crippen LogP contribution < -0.4 is 5.19 Å². The second-order valence-corrected chi connectivity index (χ2v) is 12.2. The number of benzene rings is 1. The molecule has 28 heavy (non-hydrogen) atoms. The molecule has 0 aromatic heterocycles. The molecular weight excluding hydrogens is 352 g/mol. The highest BCUT2D eigenvalue weighted by Gasteiger charge is 2.57. The van der Waals surface area contributed by atoms with Gasteiger partial charge in [-0.2, -0.15) is 0 Å². The van der Waals surface area contributed by atoms with Gasteiger partial charge in [0.05, 0.1) is 9.52 Å². The van der Waals surface area contributed by atoms with Crippen molar-refractivity contribution in [2.45, 2.75) is 68.7 Å². The van der Waals surface area contributed by atoms with Crippen LogP contribution in [0.3, 0.4) is 0 Å². The largest absolute Gasteiger partial charge is 0.0839 e. The van der Waals surface area contributed by atoms with Crippen LogP contribution in [0.5, 0.6) is 0 Å². The fourth-order valence-electron chi connectivity index (χ4n) is 6.07. The molecule has 3 rings (SSSR count). The molecule has 0 radical (unpaired) electrons. The molecule has 0 saturated carbocycles. The van der Waals surface area contributed by atoms with Crippen LogP contribution >= 0.6 is 0 Å². The Balaban J connectivity index is 2.21. The first kappa shape index (κ1) is 21.1. The van der Waals surface area contributed by atoms with Gasteiger partial charge in [-0.3, -0.25) is 0 Å². The molecule has 0 spiro atoms. The van der Waals surface area contributed by atoms with Crippen molar-refractivity contribution in [3.05, 3.63) is 75.5 Å². The Labute approximate surface area is 175 Å². The highest BCUT2D eigenvalue weighted by Crippen LogP contribution is 2.65. The summed E-state index contributed by atoms with van der Waals surface area (Å²) in [6.45, 7) is 21.5. The zero-order valence-corrected chi connectivity index (χ0v) is 20.9. The predicted molar refractivity (Wildman–Crippen MR) is 128 cm³/mol. The van der Waals surface area contributed by atoms with Crippen LogP contribution in [0.25, 0.3) is 0 Å². The Morgan fingerprint density at radius 2 is 1.46 bits per heavy atom. The van der Waals surface area contributed by atoms with Crippen molar-refractivity contribution < 1.29 is 0 Å². The van der Waals surface area contributed by atoms with Crippen LogP contribution in [0, 0.1) is 30.1 Å². The van der Waals surface area contributed by atoms with Gasteiger partial charge in [-0.05, 0) is 52.0 Å². The van der Waals surface area contributed by atoms with E-state index in [-0.39, 0.29) is 16.2 Å². The standard InChI is InChI=1S/C27H38Si/c1-18-15-19(2)17-23(16-18)28-24-21(4)20(3)22(5)26(24,9)27(25(6,7)8)13-11-10-12-14-27/h10-13,15-17H,14,28H2,1-9H3. The first-order chi connectivity index (χ1) is 12.9. The van der Waals surface area contributed by atoms with E-state index in [0.717, 1.165) is 6.42 Å². The average Bonchev–Trinajstić information content (AvgIpc) is 2.77. The summed E-state index contributed by atoms with van der Waals surface area (Å²) >= 11 is 0. The lowest BCUT2D eigenvalue weighted by Crippen LogP contribution is -2.50. The van der Waals surface area contributed by atoms with Crippen molar-refractivity contribution in [1.82, 2.24) is 0 Å². The van der Waals surface area contributed by atoms with Gasteiger partial charge in [0.25, 0.3) is 0 Å². The van der Waals surface area contributed by atoms with Gasteiger partial charge in [0.2, 0.25) is 0 Å². The second kappa shape index (κ2) is 7.02. The quantitative estimate of drug-likeness (QED) is 0.533. The molecule has 1 aromatic rings. The Hall–Kier alpha value is -1.60. The van der Waals surface area contributed by atoms with Crippen molar-refractivity contribution in [1.29, 1.82) is 0 Å². The molecule has 2 unspecified atom stereocenters. The smallest absolute Gasteiger partial charge is 0.0836 e. The maximum atomic E-state index is 2.56. The molecule has 2 aliphatic rings. The number of hydrogen-bond acceptors (Lipinski definition) is 0. The Bertz CT molecular complexity index is 896. The molecule has 0 N–H and O–H groups in total. The van der Waals surface area contributed by atoms with Gasteiger partial charge < -0.3 is 0 Å². The van der Waals surface area contributed by atoms with Crippen molar-refractivity contribution >= 4 is 14.7 Å². The van der Waals surface area contributed by atoms with E-state index >= 15 is 0 Å². The minimum atomic E-state index is -0.553. The molecule has 2 atom stereocenters. The lowest BCUT2D eigenvalue weighted by atomic mass is 9.49. The van der Waals surface area contributed by atoms with Gasteiger partial charge in [-0.1, -0.05) is 103 Å². The van der Waals surface area contributed by atoms with Crippen LogP contribution in [0.15, 0.2) is 64.4 Å². The molecule has 0 saturated heterocycles. The van der Waals surface area contributed by atoms with Crippen LogP contribution in [-0.2, 0) is 0 Å². The summed E-state index contributed by atoms with van der Waals surface area (Å²) in [7, 11) is -0.553. The topological polar surface area (TPSA) is 0 Å². The minimum absolute atomic E-state index is 0.0878. The van der Waals surface area contributed by atoms with E-state index in [1.165, 1.54) is 16.7 Å². The van der Waals surface area contributed by atoms with E-state index in [0.29, 0.717) is 0 Å². The van der Waals surface area contributed by atoms with Crippen molar-refractivity contribution in [2.24, 2.45) is 16.2 Å². The zero-order chi connectivity index (χ0) is 20.9. The first-order valence-electron chi connectivity index (χ1n) is 10.7. The third-order valence-electron chi connectivity index (χ3n) is 7.89. The van der Waals surface area contributed by atoms with Crippen LogP contribution in [0.1, 0.15) is 66.0 Å². The van der Waals surface area contributed by atoms with Crippen LogP contribution in [-0.4, -0.2) is 9.52 Å². The van der Waals surface area contributed by atoms with Crippen molar-refractivity contribution in [3.8, 4) is 0 Å². The highest BCUT2D eigenvalue weighted by molar-refractivity contribution is 6.62. The van der Waals surface area contributed by atoms with E-state index in [4.69, 9.17) is 0 Å². The number of aryl methyl sites for hydroxylation is 2. The van der Waals surface area contributed by atoms with Gasteiger partial charge in [0.15, 0.2) is 0 Å². The highest BCUT2D eigenvalue weighted by atomic mass is 28.2. The third-order valence-corrected chi connectivity index (χ3v) is 10.3. The van der Waals surface area contributed by atoms with Gasteiger partial charge in [-0.25, -0.2) is 0 Å².